The molecule has 0 bridgehead atoms. The smallest absolute Gasteiger partial charge is 0.242 e. The number of rotatable bonds is 4. The van der Waals surface area contributed by atoms with Crippen LogP contribution < -0.4 is 10.6 Å². The van der Waals surface area contributed by atoms with Gasteiger partial charge in [-0.05, 0) is 39.0 Å². The minimum absolute atomic E-state index is 0.0922. The molecule has 1 rings (SSSR count). The highest BCUT2D eigenvalue weighted by molar-refractivity contribution is 6.33. The number of carbonyl (C=O) groups excluding carboxylic acids is 1. The van der Waals surface area contributed by atoms with Gasteiger partial charge in [0.05, 0.1) is 22.3 Å². The first-order valence-corrected chi connectivity index (χ1v) is 6.08. The molecule has 0 aliphatic heterocycles. The fourth-order valence-electron chi connectivity index (χ4n) is 1.41. The van der Waals surface area contributed by atoms with Crippen LogP contribution in [-0.4, -0.2) is 18.0 Å². The van der Waals surface area contributed by atoms with Gasteiger partial charge in [0.15, 0.2) is 0 Å². The van der Waals surface area contributed by atoms with E-state index < -0.39 is 6.04 Å². The molecule has 18 heavy (non-hydrogen) atoms. The molecule has 1 atom stereocenters. The zero-order valence-electron chi connectivity index (χ0n) is 10.6. The van der Waals surface area contributed by atoms with Crippen molar-refractivity contribution in [1.82, 2.24) is 5.32 Å². The molecule has 5 heteroatoms. The van der Waals surface area contributed by atoms with E-state index in [1.165, 1.54) is 0 Å². The quantitative estimate of drug-likeness (QED) is 0.879. The highest BCUT2D eigenvalue weighted by atomic mass is 35.5. The molecule has 0 radical (unpaired) electrons. The summed E-state index contributed by atoms with van der Waals surface area (Å²) in [5.41, 5.74) is 1.13. The van der Waals surface area contributed by atoms with Crippen LogP contribution in [-0.2, 0) is 4.79 Å². The van der Waals surface area contributed by atoms with Crippen molar-refractivity contribution in [3.63, 3.8) is 0 Å². The highest BCUT2D eigenvalue weighted by Crippen LogP contribution is 2.23. The Morgan fingerprint density at radius 1 is 1.39 bits per heavy atom. The van der Waals surface area contributed by atoms with Gasteiger partial charge < -0.3 is 10.6 Å². The lowest BCUT2D eigenvalue weighted by atomic mass is 10.2. The molecule has 0 fully saturated rings. The summed E-state index contributed by atoms with van der Waals surface area (Å²) in [6, 6.07) is 6.63. The fourth-order valence-corrected chi connectivity index (χ4v) is 1.65. The predicted octanol–water partition coefficient (Wildman–Crippen LogP) is 2.54. The Morgan fingerprint density at radius 2 is 2.06 bits per heavy atom. The van der Waals surface area contributed by atoms with Crippen LogP contribution in [0.15, 0.2) is 18.2 Å². The number of nitriles is 1. The standard InChI is InChI=1S/C13H16ClN3O/c1-8(2)16-13(18)9(3)17-12-5-4-10(7-15)6-11(12)14/h4-6,8-9,17H,1-3H3,(H,16,18). The summed E-state index contributed by atoms with van der Waals surface area (Å²) >= 11 is 6.02. The van der Waals surface area contributed by atoms with E-state index in [4.69, 9.17) is 16.9 Å². The average molecular weight is 266 g/mol. The van der Waals surface area contributed by atoms with Crippen LogP contribution in [0.3, 0.4) is 0 Å². The van der Waals surface area contributed by atoms with Gasteiger partial charge in [0.25, 0.3) is 0 Å². The molecule has 0 saturated heterocycles. The summed E-state index contributed by atoms with van der Waals surface area (Å²) in [5, 5.41) is 15.0. The zero-order valence-corrected chi connectivity index (χ0v) is 11.4. The van der Waals surface area contributed by atoms with E-state index in [0.29, 0.717) is 16.3 Å². The normalized spacial score (nSPS) is 11.8. The van der Waals surface area contributed by atoms with Crippen molar-refractivity contribution in [2.24, 2.45) is 0 Å². The van der Waals surface area contributed by atoms with Crippen molar-refractivity contribution >= 4 is 23.2 Å². The van der Waals surface area contributed by atoms with Crippen molar-refractivity contribution in [2.75, 3.05) is 5.32 Å². The van der Waals surface area contributed by atoms with Gasteiger partial charge in [-0.25, -0.2) is 0 Å². The van der Waals surface area contributed by atoms with E-state index in [-0.39, 0.29) is 11.9 Å². The number of hydrogen-bond donors (Lipinski definition) is 2. The predicted molar refractivity (Wildman–Crippen MR) is 72.5 cm³/mol. The number of nitrogens with one attached hydrogen (secondary N) is 2. The Kier molecular flexibility index (Phi) is 4.99. The number of amides is 1. The molecule has 1 aromatic carbocycles. The van der Waals surface area contributed by atoms with Crippen LogP contribution in [0.25, 0.3) is 0 Å². The summed E-state index contributed by atoms with van der Waals surface area (Å²) < 4.78 is 0. The molecule has 0 spiro atoms. The zero-order chi connectivity index (χ0) is 13.7. The van der Waals surface area contributed by atoms with Crippen LogP contribution in [0, 0.1) is 11.3 Å². The minimum atomic E-state index is -0.391. The third kappa shape index (κ3) is 3.94. The number of benzene rings is 1. The van der Waals surface area contributed by atoms with E-state index >= 15 is 0 Å². The molecule has 96 valence electrons. The first-order valence-electron chi connectivity index (χ1n) is 5.70. The van der Waals surface area contributed by atoms with Crippen molar-refractivity contribution in [2.45, 2.75) is 32.9 Å². The molecule has 2 N–H and O–H groups in total. The summed E-state index contributed by atoms with van der Waals surface area (Å²) in [5.74, 6) is -0.0922. The summed E-state index contributed by atoms with van der Waals surface area (Å²) in [4.78, 5) is 11.7. The second kappa shape index (κ2) is 6.27. The van der Waals surface area contributed by atoms with Crippen LogP contribution in [0.2, 0.25) is 5.02 Å². The molecule has 1 amide bonds. The van der Waals surface area contributed by atoms with Crippen molar-refractivity contribution < 1.29 is 4.79 Å². The first-order chi connectivity index (χ1) is 8.43. The summed E-state index contributed by atoms with van der Waals surface area (Å²) in [6.07, 6.45) is 0. The van der Waals surface area contributed by atoms with Gasteiger partial charge in [-0.1, -0.05) is 11.6 Å². The highest BCUT2D eigenvalue weighted by Gasteiger charge is 2.14. The van der Waals surface area contributed by atoms with E-state index in [2.05, 4.69) is 10.6 Å². The topological polar surface area (TPSA) is 64.9 Å². The van der Waals surface area contributed by atoms with E-state index in [0.717, 1.165) is 0 Å². The molecule has 1 unspecified atom stereocenters. The van der Waals surface area contributed by atoms with Gasteiger partial charge >= 0.3 is 0 Å². The lowest BCUT2D eigenvalue weighted by molar-refractivity contribution is -0.122. The van der Waals surface area contributed by atoms with Crippen LogP contribution in [0.5, 0.6) is 0 Å². The van der Waals surface area contributed by atoms with E-state index in [1.807, 2.05) is 19.9 Å². The first kappa shape index (κ1) is 14.3. The number of halogens is 1. The maximum atomic E-state index is 11.7. The SMILES string of the molecule is CC(C)NC(=O)C(C)Nc1ccc(C#N)cc1Cl. The molecule has 0 heterocycles. The maximum absolute atomic E-state index is 11.7. The molecular formula is C13H16ClN3O. The Morgan fingerprint density at radius 3 is 2.56 bits per heavy atom. The Balaban J connectivity index is 2.73. The van der Waals surface area contributed by atoms with Gasteiger partial charge in [-0.2, -0.15) is 5.26 Å². The monoisotopic (exact) mass is 265 g/mol. The number of nitrogens with zero attached hydrogens (tertiary/aromatic N) is 1. The Labute approximate surface area is 112 Å². The lowest BCUT2D eigenvalue weighted by Gasteiger charge is -2.17. The van der Waals surface area contributed by atoms with E-state index in [1.54, 1.807) is 25.1 Å². The summed E-state index contributed by atoms with van der Waals surface area (Å²) in [6.45, 7) is 5.56. The van der Waals surface area contributed by atoms with Crippen molar-refractivity contribution in [3.8, 4) is 6.07 Å². The largest absolute Gasteiger partial charge is 0.373 e. The van der Waals surface area contributed by atoms with Crippen LogP contribution >= 0.6 is 11.6 Å². The molecule has 0 aliphatic carbocycles. The number of anilines is 1. The average Bonchev–Trinajstić information content (AvgIpc) is 2.30. The Bertz CT molecular complexity index is 480. The van der Waals surface area contributed by atoms with Crippen molar-refractivity contribution in [3.05, 3.63) is 28.8 Å². The minimum Gasteiger partial charge on any atom is -0.373 e. The summed E-state index contributed by atoms with van der Waals surface area (Å²) in [7, 11) is 0. The number of carbonyl (C=O) groups is 1. The van der Waals surface area contributed by atoms with Gasteiger partial charge in [0, 0.05) is 6.04 Å². The second-order valence-corrected chi connectivity index (χ2v) is 4.74. The van der Waals surface area contributed by atoms with Crippen LogP contribution in [0.4, 0.5) is 5.69 Å². The molecule has 4 nitrogen and oxygen atoms in total. The second-order valence-electron chi connectivity index (χ2n) is 4.34. The van der Waals surface area contributed by atoms with Crippen LogP contribution in [0.1, 0.15) is 26.3 Å². The molecular weight excluding hydrogens is 250 g/mol. The Hall–Kier alpha value is -1.73. The molecule has 1 aromatic rings. The number of hydrogen-bond acceptors (Lipinski definition) is 3. The van der Waals surface area contributed by atoms with Gasteiger partial charge in [-0.3, -0.25) is 4.79 Å². The fraction of sp³-hybridized carbons (Fsp3) is 0.385. The maximum Gasteiger partial charge on any atom is 0.242 e. The van der Waals surface area contributed by atoms with Gasteiger partial charge in [0.2, 0.25) is 5.91 Å². The third-order valence-electron chi connectivity index (χ3n) is 2.29. The van der Waals surface area contributed by atoms with E-state index in [9.17, 15) is 4.79 Å². The molecule has 0 saturated carbocycles. The molecule has 0 aliphatic rings. The van der Waals surface area contributed by atoms with Crippen molar-refractivity contribution in [1.29, 1.82) is 5.26 Å². The lowest BCUT2D eigenvalue weighted by Crippen LogP contribution is -2.41. The van der Waals surface area contributed by atoms with Gasteiger partial charge in [-0.15, -0.1) is 0 Å². The molecule has 0 aromatic heterocycles. The van der Waals surface area contributed by atoms with Gasteiger partial charge in [0.1, 0.15) is 6.04 Å². The third-order valence-corrected chi connectivity index (χ3v) is 2.61.